The first kappa shape index (κ1) is 14.7. The zero-order valence-corrected chi connectivity index (χ0v) is 12.1. The van der Waals surface area contributed by atoms with E-state index in [0.717, 1.165) is 5.56 Å². The van der Waals surface area contributed by atoms with Crippen molar-refractivity contribution in [3.8, 4) is 0 Å². The minimum Gasteiger partial charge on any atom is -0.348 e. The monoisotopic (exact) mass is 299 g/mol. The summed E-state index contributed by atoms with van der Waals surface area (Å²) in [6.07, 6.45) is 4.64. The number of hydrogen-bond donors (Lipinski definition) is 2. The Bertz CT molecular complexity index is 647. The number of benzene rings is 1. The fourth-order valence-corrected chi connectivity index (χ4v) is 2.79. The molecule has 22 heavy (non-hydrogen) atoms. The number of nitrogens with zero attached hydrogens (tertiary/aromatic N) is 1. The highest BCUT2D eigenvalue weighted by atomic mass is 19.1. The first-order chi connectivity index (χ1) is 10.7. The number of carbonyl (C=O) groups excluding carboxylic acids is 1. The van der Waals surface area contributed by atoms with Crippen LogP contribution in [-0.4, -0.2) is 16.9 Å². The number of piperidine rings is 1. The number of nitrogens with one attached hydrogen (secondary N) is 2. The summed E-state index contributed by atoms with van der Waals surface area (Å²) in [5.41, 5.74) is 1.64. The molecule has 5 heteroatoms. The number of aromatic nitrogens is 1. The topological polar surface area (TPSA) is 54.0 Å². The lowest BCUT2D eigenvalue weighted by Gasteiger charge is -2.33. The summed E-state index contributed by atoms with van der Waals surface area (Å²) in [5, 5.41) is 6.33. The van der Waals surface area contributed by atoms with Crippen LogP contribution in [-0.2, 0) is 11.3 Å². The number of pyridine rings is 1. The molecule has 1 fully saturated rings. The van der Waals surface area contributed by atoms with Gasteiger partial charge in [0.1, 0.15) is 5.82 Å². The van der Waals surface area contributed by atoms with E-state index in [1.807, 2.05) is 12.1 Å². The Morgan fingerprint density at radius 2 is 2.00 bits per heavy atom. The van der Waals surface area contributed by atoms with Crippen molar-refractivity contribution >= 4 is 5.91 Å². The Labute approximate surface area is 128 Å². The Hall–Kier alpha value is -2.27. The Balaban J connectivity index is 1.76. The Kier molecular flexibility index (Phi) is 4.44. The van der Waals surface area contributed by atoms with E-state index >= 15 is 0 Å². The van der Waals surface area contributed by atoms with Crippen molar-refractivity contribution in [2.24, 2.45) is 0 Å². The average molecular weight is 299 g/mol. The van der Waals surface area contributed by atoms with E-state index in [2.05, 4.69) is 15.6 Å². The fourth-order valence-electron chi connectivity index (χ4n) is 2.79. The van der Waals surface area contributed by atoms with Crippen LogP contribution in [0, 0.1) is 5.82 Å². The lowest BCUT2D eigenvalue weighted by molar-refractivity contribution is -0.123. The molecule has 0 unspecified atom stereocenters. The van der Waals surface area contributed by atoms with Gasteiger partial charge in [0, 0.05) is 37.0 Å². The quantitative estimate of drug-likeness (QED) is 0.911. The molecule has 3 rings (SSSR count). The zero-order valence-electron chi connectivity index (χ0n) is 12.1. The molecule has 2 aromatic rings. The van der Waals surface area contributed by atoms with Crippen LogP contribution in [0.4, 0.5) is 4.39 Å². The van der Waals surface area contributed by atoms with Gasteiger partial charge in [-0.25, -0.2) is 4.39 Å². The van der Waals surface area contributed by atoms with Gasteiger partial charge in [0.05, 0.1) is 6.04 Å². The van der Waals surface area contributed by atoms with Gasteiger partial charge in [0.2, 0.25) is 5.91 Å². The highest BCUT2D eigenvalue weighted by molar-refractivity contribution is 5.77. The van der Waals surface area contributed by atoms with Crippen molar-refractivity contribution in [3.05, 3.63) is 65.7 Å². The molecule has 0 aliphatic carbocycles. The van der Waals surface area contributed by atoms with Crippen LogP contribution >= 0.6 is 0 Å². The van der Waals surface area contributed by atoms with E-state index in [9.17, 15) is 9.18 Å². The third-order valence-electron chi connectivity index (χ3n) is 3.96. The molecular formula is C17H18FN3O. The number of amides is 1. The van der Waals surface area contributed by atoms with Gasteiger partial charge in [0.25, 0.3) is 0 Å². The molecule has 2 atom stereocenters. The van der Waals surface area contributed by atoms with Gasteiger partial charge in [-0.3, -0.25) is 9.78 Å². The summed E-state index contributed by atoms with van der Waals surface area (Å²) >= 11 is 0. The number of hydrogen-bond acceptors (Lipinski definition) is 3. The molecule has 1 saturated heterocycles. The number of rotatable bonds is 4. The second-order valence-corrected chi connectivity index (χ2v) is 5.45. The maximum absolute atomic E-state index is 14.1. The van der Waals surface area contributed by atoms with Crippen LogP contribution < -0.4 is 10.6 Å². The third-order valence-corrected chi connectivity index (χ3v) is 3.96. The van der Waals surface area contributed by atoms with Crippen molar-refractivity contribution in [2.45, 2.75) is 31.5 Å². The number of halogens is 1. The van der Waals surface area contributed by atoms with Crippen molar-refractivity contribution in [1.82, 2.24) is 15.6 Å². The van der Waals surface area contributed by atoms with E-state index < -0.39 is 0 Å². The van der Waals surface area contributed by atoms with Gasteiger partial charge < -0.3 is 10.6 Å². The predicted molar refractivity (Wildman–Crippen MR) is 81.4 cm³/mol. The van der Waals surface area contributed by atoms with Crippen molar-refractivity contribution in [3.63, 3.8) is 0 Å². The predicted octanol–water partition coefficient (Wildman–Crippen LogP) is 2.33. The summed E-state index contributed by atoms with van der Waals surface area (Å²) in [5.74, 6) is -0.319. The minimum absolute atomic E-state index is 0.00256. The standard InChI is InChI=1S/C17H18FN3O/c18-14-4-2-1-3-13(14)17-15(5-6-16(22)21-17)20-11-12-7-9-19-10-8-12/h1-4,7-10,15,17,20H,5-6,11H2,(H,21,22)/t15-,17+/m1/s1. The van der Waals surface area contributed by atoms with Crippen molar-refractivity contribution in [1.29, 1.82) is 0 Å². The molecule has 1 aliphatic rings. The van der Waals surface area contributed by atoms with Crippen LogP contribution in [0.5, 0.6) is 0 Å². The van der Waals surface area contributed by atoms with E-state index in [1.54, 1.807) is 30.6 Å². The van der Waals surface area contributed by atoms with Crippen LogP contribution in [0.25, 0.3) is 0 Å². The maximum Gasteiger partial charge on any atom is 0.220 e. The molecule has 1 aromatic heterocycles. The molecule has 1 aromatic carbocycles. The van der Waals surface area contributed by atoms with Gasteiger partial charge in [-0.2, -0.15) is 0 Å². The van der Waals surface area contributed by atoms with E-state index in [0.29, 0.717) is 24.9 Å². The molecule has 4 nitrogen and oxygen atoms in total. The first-order valence-corrected chi connectivity index (χ1v) is 7.40. The molecule has 0 bridgehead atoms. The van der Waals surface area contributed by atoms with Gasteiger partial charge >= 0.3 is 0 Å². The van der Waals surface area contributed by atoms with Crippen LogP contribution in [0.1, 0.15) is 30.0 Å². The highest BCUT2D eigenvalue weighted by Crippen LogP contribution is 2.26. The molecule has 2 N–H and O–H groups in total. The van der Waals surface area contributed by atoms with E-state index in [1.165, 1.54) is 6.07 Å². The second kappa shape index (κ2) is 6.66. The number of carbonyl (C=O) groups is 1. The fraction of sp³-hybridized carbons (Fsp3) is 0.294. The third kappa shape index (κ3) is 3.31. The summed E-state index contributed by atoms with van der Waals surface area (Å²) in [4.78, 5) is 15.7. The summed E-state index contributed by atoms with van der Waals surface area (Å²) in [6.45, 7) is 0.661. The Morgan fingerprint density at radius 1 is 1.23 bits per heavy atom. The average Bonchev–Trinajstić information content (AvgIpc) is 2.55. The van der Waals surface area contributed by atoms with Crippen LogP contribution in [0.3, 0.4) is 0 Å². The molecule has 114 valence electrons. The van der Waals surface area contributed by atoms with Gasteiger partial charge in [-0.15, -0.1) is 0 Å². The SMILES string of the molecule is O=C1CC[C@@H](NCc2ccncc2)[C@H](c2ccccc2F)N1. The summed E-state index contributed by atoms with van der Waals surface area (Å²) < 4.78 is 14.1. The van der Waals surface area contributed by atoms with Crippen molar-refractivity contribution in [2.75, 3.05) is 0 Å². The van der Waals surface area contributed by atoms with E-state index in [-0.39, 0.29) is 23.8 Å². The summed E-state index contributed by atoms with van der Waals surface area (Å²) in [7, 11) is 0. The molecule has 0 spiro atoms. The van der Waals surface area contributed by atoms with E-state index in [4.69, 9.17) is 0 Å². The maximum atomic E-state index is 14.1. The minimum atomic E-state index is -0.343. The molecular weight excluding hydrogens is 281 g/mol. The second-order valence-electron chi connectivity index (χ2n) is 5.45. The lowest BCUT2D eigenvalue weighted by atomic mass is 9.91. The van der Waals surface area contributed by atoms with Crippen LogP contribution in [0.2, 0.25) is 0 Å². The zero-order chi connectivity index (χ0) is 15.4. The van der Waals surface area contributed by atoms with Gasteiger partial charge in [-0.1, -0.05) is 18.2 Å². The largest absolute Gasteiger partial charge is 0.348 e. The smallest absolute Gasteiger partial charge is 0.220 e. The van der Waals surface area contributed by atoms with Crippen molar-refractivity contribution < 1.29 is 9.18 Å². The molecule has 1 amide bonds. The molecule has 0 saturated carbocycles. The Morgan fingerprint density at radius 3 is 2.77 bits per heavy atom. The molecule has 2 heterocycles. The first-order valence-electron chi connectivity index (χ1n) is 7.40. The lowest BCUT2D eigenvalue weighted by Crippen LogP contribution is -2.48. The highest BCUT2D eigenvalue weighted by Gasteiger charge is 2.31. The summed E-state index contributed by atoms with van der Waals surface area (Å²) in [6, 6.07) is 10.1. The molecule has 1 aliphatic heterocycles. The normalized spacial score (nSPS) is 21.4. The van der Waals surface area contributed by atoms with Gasteiger partial charge in [0.15, 0.2) is 0 Å². The molecule has 0 radical (unpaired) electrons. The van der Waals surface area contributed by atoms with Gasteiger partial charge in [-0.05, 0) is 30.2 Å². The van der Waals surface area contributed by atoms with Crippen LogP contribution in [0.15, 0.2) is 48.8 Å².